The van der Waals surface area contributed by atoms with Crippen LogP contribution in [0.2, 0.25) is 0 Å². The van der Waals surface area contributed by atoms with Crippen LogP contribution in [-0.4, -0.2) is 10.9 Å². The number of pyridine rings is 1. The number of hydrogen-bond donors (Lipinski definition) is 0. The molecule has 1 amide bonds. The minimum absolute atomic E-state index is 0.0805. The first-order valence-corrected chi connectivity index (χ1v) is 10.7. The molecule has 5 nitrogen and oxygen atoms in total. The molecule has 31 heavy (non-hydrogen) atoms. The van der Waals surface area contributed by atoms with E-state index >= 15 is 0 Å². The standard InChI is InChI=1S/C25H19BrN2O3/c1-13-11-18-19(12-14(13)2)31-24-21(23(18)29)22(16-7-9-17(26)10-8-16)28(25(24)30)20-6-4-5-15(3)27-20/h4-12,22H,1-3H3. The van der Waals surface area contributed by atoms with E-state index in [-0.39, 0.29) is 17.1 Å². The fraction of sp³-hybridized carbons (Fsp3) is 0.160. The van der Waals surface area contributed by atoms with Crippen LogP contribution in [0.1, 0.15) is 44.5 Å². The van der Waals surface area contributed by atoms with Gasteiger partial charge in [0.25, 0.3) is 5.91 Å². The van der Waals surface area contributed by atoms with E-state index in [4.69, 9.17) is 4.42 Å². The van der Waals surface area contributed by atoms with Crippen LogP contribution in [0.5, 0.6) is 0 Å². The highest BCUT2D eigenvalue weighted by atomic mass is 79.9. The van der Waals surface area contributed by atoms with Gasteiger partial charge in [0, 0.05) is 10.2 Å². The van der Waals surface area contributed by atoms with E-state index in [1.807, 2.05) is 69.3 Å². The van der Waals surface area contributed by atoms with Gasteiger partial charge in [0.1, 0.15) is 11.4 Å². The molecular formula is C25H19BrN2O3. The maximum absolute atomic E-state index is 13.7. The Morgan fingerprint density at radius 1 is 0.968 bits per heavy atom. The molecule has 2 aromatic heterocycles. The predicted molar refractivity (Wildman–Crippen MR) is 124 cm³/mol. The van der Waals surface area contributed by atoms with E-state index in [2.05, 4.69) is 20.9 Å². The largest absolute Gasteiger partial charge is 0.450 e. The third kappa shape index (κ3) is 3.10. The number of rotatable bonds is 2. The van der Waals surface area contributed by atoms with Gasteiger partial charge in [-0.05, 0) is 73.9 Å². The first-order valence-electron chi connectivity index (χ1n) is 9.96. The monoisotopic (exact) mass is 474 g/mol. The summed E-state index contributed by atoms with van der Waals surface area (Å²) in [6.07, 6.45) is 0. The smallest absolute Gasteiger partial charge is 0.296 e. The van der Waals surface area contributed by atoms with Crippen molar-refractivity contribution in [2.75, 3.05) is 4.90 Å². The Morgan fingerprint density at radius 2 is 1.68 bits per heavy atom. The number of halogens is 1. The summed E-state index contributed by atoms with van der Waals surface area (Å²) in [6.45, 7) is 5.79. The van der Waals surface area contributed by atoms with Gasteiger partial charge in [-0.1, -0.05) is 34.1 Å². The number of fused-ring (bicyclic) bond motifs is 2. The van der Waals surface area contributed by atoms with Crippen molar-refractivity contribution in [3.63, 3.8) is 0 Å². The number of hydrogen-bond acceptors (Lipinski definition) is 4. The molecule has 0 saturated heterocycles. The Bertz CT molecular complexity index is 1420. The number of nitrogens with zero attached hydrogens (tertiary/aromatic N) is 2. The zero-order chi connectivity index (χ0) is 21.9. The zero-order valence-corrected chi connectivity index (χ0v) is 18.9. The normalized spacial score (nSPS) is 15.5. The second-order valence-electron chi connectivity index (χ2n) is 7.87. The van der Waals surface area contributed by atoms with Crippen molar-refractivity contribution in [2.24, 2.45) is 0 Å². The summed E-state index contributed by atoms with van der Waals surface area (Å²) in [6, 6.07) is 16.2. The SMILES string of the molecule is Cc1cccc(N2C(=O)c3oc4cc(C)c(C)cc4c(=O)c3C2c2ccc(Br)cc2)n1. The Morgan fingerprint density at radius 3 is 2.39 bits per heavy atom. The van der Waals surface area contributed by atoms with Crippen molar-refractivity contribution in [3.8, 4) is 0 Å². The van der Waals surface area contributed by atoms with Gasteiger partial charge in [0.15, 0.2) is 5.43 Å². The molecule has 0 bridgehead atoms. The lowest BCUT2D eigenvalue weighted by molar-refractivity contribution is 0.0970. The molecule has 4 aromatic rings. The summed E-state index contributed by atoms with van der Waals surface area (Å²) in [5.74, 6) is 0.204. The van der Waals surface area contributed by atoms with Crippen molar-refractivity contribution in [3.05, 3.63) is 103 Å². The van der Waals surface area contributed by atoms with Gasteiger partial charge >= 0.3 is 0 Å². The minimum Gasteiger partial charge on any atom is -0.450 e. The maximum Gasteiger partial charge on any atom is 0.296 e. The van der Waals surface area contributed by atoms with Gasteiger partial charge in [-0.25, -0.2) is 4.98 Å². The van der Waals surface area contributed by atoms with E-state index < -0.39 is 6.04 Å². The summed E-state index contributed by atoms with van der Waals surface area (Å²) in [5, 5.41) is 0.482. The molecule has 1 unspecified atom stereocenters. The molecule has 0 aliphatic carbocycles. The van der Waals surface area contributed by atoms with Crippen LogP contribution in [-0.2, 0) is 0 Å². The molecule has 6 heteroatoms. The van der Waals surface area contributed by atoms with E-state index in [1.165, 1.54) is 0 Å². The van der Waals surface area contributed by atoms with Crippen molar-refractivity contribution < 1.29 is 9.21 Å². The number of amides is 1. The highest BCUT2D eigenvalue weighted by Gasteiger charge is 2.44. The quantitative estimate of drug-likeness (QED) is 0.377. The average molecular weight is 475 g/mol. The van der Waals surface area contributed by atoms with Gasteiger partial charge < -0.3 is 4.42 Å². The average Bonchev–Trinajstić information content (AvgIpc) is 3.03. The van der Waals surface area contributed by atoms with E-state index in [0.717, 1.165) is 26.9 Å². The van der Waals surface area contributed by atoms with E-state index in [0.29, 0.717) is 22.4 Å². The van der Waals surface area contributed by atoms with Crippen LogP contribution in [0.4, 0.5) is 5.82 Å². The molecule has 0 fully saturated rings. The lowest BCUT2D eigenvalue weighted by Crippen LogP contribution is -2.30. The first-order chi connectivity index (χ1) is 14.8. The van der Waals surface area contributed by atoms with Crippen LogP contribution in [0.25, 0.3) is 11.0 Å². The molecule has 0 N–H and O–H groups in total. The van der Waals surface area contributed by atoms with Gasteiger partial charge in [0.2, 0.25) is 5.76 Å². The number of anilines is 1. The molecule has 154 valence electrons. The molecule has 0 spiro atoms. The molecule has 0 radical (unpaired) electrons. The third-order valence-electron chi connectivity index (χ3n) is 5.79. The lowest BCUT2D eigenvalue weighted by Gasteiger charge is -2.24. The number of carbonyl (C=O) groups is 1. The number of carbonyl (C=O) groups excluding carboxylic acids is 1. The topological polar surface area (TPSA) is 63.4 Å². The zero-order valence-electron chi connectivity index (χ0n) is 17.3. The first kappa shape index (κ1) is 19.7. The molecule has 5 rings (SSSR count). The molecule has 2 aromatic carbocycles. The maximum atomic E-state index is 13.7. The Kier molecular flexibility index (Phi) is 4.55. The molecule has 1 aliphatic rings. The fourth-order valence-corrected chi connectivity index (χ4v) is 4.35. The minimum atomic E-state index is -0.618. The van der Waals surface area contributed by atoms with Crippen LogP contribution < -0.4 is 10.3 Å². The van der Waals surface area contributed by atoms with Crippen molar-refractivity contribution in [2.45, 2.75) is 26.8 Å². The Hall–Kier alpha value is -3.25. The van der Waals surface area contributed by atoms with Crippen LogP contribution in [0, 0.1) is 20.8 Å². The van der Waals surface area contributed by atoms with E-state index in [9.17, 15) is 9.59 Å². The van der Waals surface area contributed by atoms with Crippen LogP contribution in [0.3, 0.4) is 0 Å². The molecule has 0 saturated carbocycles. The number of aryl methyl sites for hydroxylation is 3. The second-order valence-corrected chi connectivity index (χ2v) is 8.79. The lowest BCUT2D eigenvalue weighted by atomic mass is 9.97. The second kappa shape index (κ2) is 7.17. The molecule has 3 heterocycles. The van der Waals surface area contributed by atoms with Gasteiger partial charge in [-0.3, -0.25) is 14.5 Å². The predicted octanol–water partition coefficient (Wildman–Crippen LogP) is 5.63. The fourth-order valence-electron chi connectivity index (χ4n) is 4.09. The Balaban J connectivity index is 1.83. The summed E-state index contributed by atoms with van der Waals surface area (Å²) in [5.41, 5.74) is 4.20. The van der Waals surface area contributed by atoms with Crippen molar-refractivity contribution in [1.29, 1.82) is 0 Å². The van der Waals surface area contributed by atoms with Crippen molar-refractivity contribution >= 4 is 38.6 Å². The number of aromatic nitrogens is 1. The number of benzene rings is 2. The third-order valence-corrected chi connectivity index (χ3v) is 6.32. The summed E-state index contributed by atoms with van der Waals surface area (Å²) in [4.78, 5) is 33.3. The Labute approximate surface area is 187 Å². The molecular weight excluding hydrogens is 456 g/mol. The van der Waals surface area contributed by atoms with E-state index in [1.54, 1.807) is 11.0 Å². The van der Waals surface area contributed by atoms with Gasteiger partial charge in [-0.2, -0.15) is 0 Å². The van der Waals surface area contributed by atoms with Crippen LogP contribution >= 0.6 is 15.9 Å². The van der Waals surface area contributed by atoms with Gasteiger partial charge in [0.05, 0.1) is 17.0 Å². The van der Waals surface area contributed by atoms with Crippen molar-refractivity contribution in [1.82, 2.24) is 4.98 Å². The summed E-state index contributed by atoms with van der Waals surface area (Å²) in [7, 11) is 0. The van der Waals surface area contributed by atoms with Gasteiger partial charge in [-0.15, -0.1) is 0 Å². The highest BCUT2D eigenvalue weighted by Crippen LogP contribution is 2.41. The van der Waals surface area contributed by atoms with Crippen LogP contribution in [0.15, 0.2) is 68.3 Å². The highest BCUT2D eigenvalue weighted by molar-refractivity contribution is 9.10. The summed E-state index contributed by atoms with van der Waals surface area (Å²) >= 11 is 3.46. The summed E-state index contributed by atoms with van der Waals surface area (Å²) < 4.78 is 6.98. The molecule has 1 aliphatic heterocycles. The molecule has 1 atom stereocenters.